The topological polar surface area (TPSA) is 57.5 Å². The Morgan fingerprint density at radius 3 is 2.68 bits per heavy atom. The zero-order valence-electron chi connectivity index (χ0n) is 12.2. The van der Waals surface area contributed by atoms with E-state index in [1.165, 1.54) is 6.07 Å². The highest BCUT2D eigenvalue weighted by molar-refractivity contribution is 5.89. The Balaban J connectivity index is 0.00000121. The molecule has 122 valence electrons. The number of rotatable bonds is 4. The number of para-hydroxylation sites is 1. The summed E-state index contributed by atoms with van der Waals surface area (Å²) in [5, 5.41) is 7.64. The summed E-state index contributed by atoms with van der Waals surface area (Å²) in [6.45, 7) is 6.08. The van der Waals surface area contributed by atoms with Crippen LogP contribution in [0.15, 0.2) is 39.5 Å². The number of benzene rings is 1. The Morgan fingerprint density at radius 1 is 1.18 bits per heavy atom. The molecular formula is C15H21Cl2N3O2. The van der Waals surface area contributed by atoms with Crippen LogP contribution in [-0.4, -0.2) is 44.2 Å². The molecule has 22 heavy (non-hydrogen) atoms. The van der Waals surface area contributed by atoms with E-state index >= 15 is 0 Å². The molecule has 2 aromatic rings. The molecule has 0 atom stereocenters. The summed E-state index contributed by atoms with van der Waals surface area (Å²) in [4.78, 5) is 14.0. The minimum absolute atomic E-state index is 0. The second-order valence-corrected chi connectivity index (χ2v) is 4.99. The second kappa shape index (κ2) is 9.00. The van der Waals surface area contributed by atoms with Crippen molar-refractivity contribution in [2.24, 2.45) is 0 Å². The molecule has 2 N–H and O–H groups in total. The van der Waals surface area contributed by atoms with Gasteiger partial charge in [-0.15, -0.1) is 24.8 Å². The lowest BCUT2D eigenvalue weighted by molar-refractivity contribution is 0.249. The molecule has 0 amide bonds. The van der Waals surface area contributed by atoms with Crippen molar-refractivity contribution in [1.82, 2.24) is 10.2 Å². The van der Waals surface area contributed by atoms with Crippen molar-refractivity contribution in [2.45, 2.75) is 0 Å². The Hall–Kier alpha value is -1.27. The van der Waals surface area contributed by atoms with E-state index in [0.29, 0.717) is 5.58 Å². The van der Waals surface area contributed by atoms with Gasteiger partial charge in [0.2, 0.25) is 0 Å². The van der Waals surface area contributed by atoms with Gasteiger partial charge in [-0.3, -0.25) is 4.90 Å². The Bertz CT molecular complexity index is 642. The van der Waals surface area contributed by atoms with E-state index in [1.54, 1.807) is 0 Å². The number of hydrogen-bond acceptors (Lipinski definition) is 5. The van der Waals surface area contributed by atoms with Crippen molar-refractivity contribution >= 4 is 41.5 Å². The summed E-state index contributed by atoms with van der Waals surface area (Å²) < 4.78 is 5.18. The van der Waals surface area contributed by atoms with Gasteiger partial charge in [-0.1, -0.05) is 12.1 Å². The first-order valence-electron chi connectivity index (χ1n) is 7.03. The molecule has 5 nitrogen and oxygen atoms in total. The van der Waals surface area contributed by atoms with Crippen LogP contribution in [-0.2, 0) is 0 Å². The van der Waals surface area contributed by atoms with Crippen LogP contribution in [0, 0.1) is 0 Å². The number of piperazine rings is 1. The lowest BCUT2D eigenvalue weighted by Gasteiger charge is -2.27. The zero-order valence-corrected chi connectivity index (χ0v) is 13.8. The summed E-state index contributed by atoms with van der Waals surface area (Å²) in [7, 11) is 0. The van der Waals surface area contributed by atoms with Gasteiger partial charge in [-0.2, -0.15) is 0 Å². The molecule has 2 heterocycles. The third-order valence-electron chi connectivity index (χ3n) is 3.60. The SMILES string of the molecule is Cl.Cl.O=c1cc(NCCN2CCNCC2)c2ccccc2o1. The minimum atomic E-state index is -0.312. The molecule has 1 fully saturated rings. The van der Waals surface area contributed by atoms with E-state index in [9.17, 15) is 4.79 Å². The highest BCUT2D eigenvalue weighted by Gasteiger charge is 2.09. The predicted molar refractivity (Wildman–Crippen MR) is 94.8 cm³/mol. The molecule has 1 aromatic carbocycles. The molecule has 0 aliphatic carbocycles. The first-order chi connectivity index (χ1) is 9.83. The van der Waals surface area contributed by atoms with E-state index in [1.807, 2.05) is 24.3 Å². The van der Waals surface area contributed by atoms with Gasteiger partial charge in [-0.05, 0) is 12.1 Å². The van der Waals surface area contributed by atoms with Crippen LogP contribution in [0.25, 0.3) is 11.0 Å². The normalized spacial score (nSPS) is 14.9. The quantitative estimate of drug-likeness (QED) is 0.829. The van der Waals surface area contributed by atoms with Crippen LogP contribution >= 0.6 is 24.8 Å². The Kier molecular flexibility index (Phi) is 7.68. The van der Waals surface area contributed by atoms with Gasteiger partial charge in [-0.25, -0.2) is 4.79 Å². The highest BCUT2D eigenvalue weighted by atomic mass is 35.5. The highest BCUT2D eigenvalue weighted by Crippen LogP contribution is 2.20. The number of nitrogens with zero attached hydrogens (tertiary/aromatic N) is 1. The molecule has 0 radical (unpaired) electrons. The monoisotopic (exact) mass is 345 g/mol. The largest absolute Gasteiger partial charge is 0.423 e. The van der Waals surface area contributed by atoms with Crippen molar-refractivity contribution < 1.29 is 4.42 Å². The van der Waals surface area contributed by atoms with Crippen LogP contribution in [0.4, 0.5) is 5.69 Å². The van der Waals surface area contributed by atoms with Crippen LogP contribution in [0.1, 0.15) is 0 Å². The van der Waals surface area contributed by atoms with Crippen LogP contribution < -0.4 is 16.3 Å². The standard InChI is InChI=1S/C15H19N3O2.2ClH/c19-15-11-13(12-3-1-2-4-14(12)20-15)17-7-10-18-8-5-16-6-9-18;;/h1-4,11,16-17H,5-10H2;2*1H. The van der Waals surface area contributed by atoms with E-state index in [4.69, 9.17) is 4.42 Å². The summed E-state index contributed by atoms with van der Waals surface area (Å²) in [6, 6.07) is 9.13. The molecule has 0 bridgehead atoms. The third kappa shape index (κ3) is 4.61. The van der Waals surface area contributed by atoms with Crippen molar-refractivity contribution in [3.63, 3.8) is 0 Å². The zero-order chi connectivity index (χ0) is 13.8. The van der Waals surface area contributed by atoms with Crippen molar-refractivity contribution in [1.29, 1.82) is 0 Å². The maximum absolute atomic E-state index is 11.5. The maximum atomic E-state index is 11.5. The first kappa shape index (κ1) is 18.8. The van der Waals surface area contributed by atoms with Crippen LogP contribution in [0.2, 0.25) is 0 Å². The van der Waals surface area contributed by atoms with Gasteiger partial charge in [0.05, 0.1) is 5.69 Å². The fourth-order valence-corrected chi connectivity index (χ4v) is 2.54. The fraction of sp³-hybridized carbons (Fsp3) is 0.400. The van der Waals surface area contributed by atoms with Gasteiger partial charge < -0.3 is 15.1 Å². The molecule has 1 saturated heterocycles. The smallest absolute Gasteiger partial charge is 0.338 e. The van der Waals surface area contributed by atoms with Crippen molar-refractivity contribution in [3.05, 3.63) is 40.8 Å². The van der Waals surface area contributed by atoms with Gasteiger partial charge in [0.15, 0.2) is 0 Å². The van der Waals surface area contributed by atoms with Crippen molar-refractivity contribution in [3.8, 4) is 0 Å². The van der Waals surface area contributed by atoms with Gasteiger partial charge >= 0.3 is 5.63 Å². The van der Waals surface area contributed by atoms with E-state index in [-0.39, 0.29) is 30.4 Å². The van der Waals surface area contributed by atoms with Gasteiger partial charge in [0.1, 0.15) is 5.58 Å². The second-order valence-electron chi connectivity index (χ2n) is 4.99. The lowest BCUT2D eigenvalue weighted by atomic mass is 10.2. The van der Waals surface area contributed by atoms with E-state index in [0.717, 1.165) is 50.3 Å². The predicted octanol–water partition coefficient (Wildman–Crippen LogP) is 1.95. The van der Waals surface area contributed by atoms with Crippen LogP contribution in [0.5, 0.6) is 0 Å². The molecule has 1 aromatic heterocycles. The molecular weight excluding hydrogens is 325 g/mol. The summed E-state index contributed by atoms with van der Waals surface area (Å²) >= 11 is 0. The average molecular weight is 346 g/mol. The number of halogens is 2. The number of anilines is 1. The summed E-state index contributed by atoms with van der Waals surface area (Å²) in [5.74, 6) is 0. The minimum Gasteiger partial charge on any atom is -0.423 e. The molecule has 0 spiro atoms. The van der Waals surface area contributed by atoms with E-state index in [2.05, 4.69) is 15.5 Å². The van der Waals surface area contributed by atoms with Gasteiger partial charge in [0, 0.05) is 50.7 Å². The summed E-state index contributed by atoms with van der Waals surface area (Å²) in [6.07, 6.45) is 0. The molecule has 1 aliphatic heterocycles. The third-order valence-corrected chi connectivity index (χ3v) is 3.60. The summed E-state index contributed by atoms with van der Waals surface area (Å²) in [5.41, 5.74) is 1.17. The van der Waals surface area contributed by atoms with Crippen molar-refractivity contribution in [2.75, 3.05) is 44.6 Å². The van der Waals surface area contributed by atoms with E-state index < -0.39 is 0 Å². The fourth-order valence-electron chi connectivity index (χ4n) is 2.54. The Labute approximate surface area is 141 Å². The van der Waals surface area contributed by atoms with Crippen LogP contribution in [0.3, 0.4) is 0 Å². The molecule has 1 aliphatic rings. The first-order valence-corrected chi connectivity index (χ1v) is 7.03. The molecule has 7 heteroatoms. The molecule has 3 rings (SSSR count). The lowest BCUT2D eigenvalue weighted by Crippen LogP contribution is -2.45. The molecule has 0 saturated carbocycles. The number of hydrogen-bond donors (Lipinski definition) is 2. The average Bonchev–Trinajstić information content (AvgIpc) is 2.48. The maximum Gasteiger partial charge on any atom is 0.338 e. The van der Waals surface area contributed by atoms with Gasteiger partial charge in [0.25, 0.3) is 0 Å². The Morgan fingerprint density at radius 2 is 1.91 bits per heavy atom. The molecule has 0 unspecified atom stereocenters. The number of fused-ring (bicyclic) bond motifs is 1. The number of nitrogens with one attached hydrogen (secondary N) is 2.